The van der Waals surface area contributed by atoms with E-state index in [1.807, 2.05) is 6.92 Å². The van der Waals surface area contributed by atoms with Crippen LogP contribution in [-0.4, -0.2) is 6.04 Å². The Hall–Kier alpha value is -1.19. The van der Waals surface area contributed by atoms with E-state index in [0.29, 0.717) is 0 Å². The van der Waals surface area contributed by atoms with E-state index in [0.717, 1.165) is 25.3 Å². The van der Waals surface area contributed by atoms with Crippen LogP contribution in [0.25, 0.3) is 0 Å². The predicted octanol–water partition coefficient (Wildman–Crippen LogP) is 4.70. The first-order valence-corrected chi connectivity index (χ1v) is 5.88. The summed E-state index contributed by atoms with van der Waals surface area (Å²) < 4.78 is 38.1. The highest BCUT2D eigenvalue weighted by molar-refractivity contribution is 5.53. The quantitative estimate of drug-likeness (QED) is 0.793. The maximum atomic E-state index is 12.7. The molecule has 0 spiro atoms. The number of hydrogen-bond donors (Lipinski definition) is 1. The van der Waals surface area contributed by atoms with Crippen LogP contribution in [0.3, 0.4) is 0 Å². The highest BCUT2D eigenvalue weighted by Crippen LogP contribution is 2.34. The van der Waals surface area contributed by atoms with Crippen molar-refractivity contribution >= 4 is 5.69 Å². The molecule has 0 aliphatic heterocycles. The van der Waals surface area contributed by atoms with Crippen LogP contribution in [0.5, 0.6) is 0 Å². The van der Waals surface area contributed by atoms with E-state index in [4.69, 9.17) is 0 Å². The second-order valence-corrected chi connectivity index (χ2v) is 4.23. The Morgan fingerprint density at radius 2 is 1.88 bits per heavy atom. The molecule has 1 atom stereocenters. The maximum absolute atomic E-state index is 12.7. The molecule has 0 amide bonds. The summed E-state index contributed by atoms with van der Waals surface area (Å²) in [5.41, 5.74) is -0.424. The first-order chi connectivity index (χ1) is 7.95. The third-order valence-electron chi connectivity index (χ3n) is 2.63. The molecule has 0 saturated carbocycles. The van der Waals surface area contributed by atoms with Gasteiger partial charge < -0.3 is 5.32 Å². The van der Waals surface area contributed by atoms with E-state index in [1.165, 1.54) is 12.1 Å². The van der Waals surface area contributed by atoms with Crippen molar-refractivity contribution in [2.75, 3.05) is 5.32 Å². The smallest absolute Gasteiger partial charge is 0.382 e. The number of halogens is 3. The molecule has 0 radical (unpaired) electrons. The number of alkyl halides is 3. The largest absolute Gasteiger partial charge is 0.418 e. The van der Waals surface area contributed by atoms with E-state index in [2.05, 4.69) is 12.2 Å². The van der Waals surface area contributed by atoms with E-state index in [9.17, 15) is 13.2 Å². The zero-order chi connectivity index (χ0) is 12.9. The Morgan fingerprint density at radius 3 is 2.47 bits per heavy atom. The minimum atomic E-state index is -4.30. The van der Waals surface area contributed by atoms with Crippen LogP contribution in [-0.2, 0) is 6.18 Å². The first kappa shape index (κ1) is 13.9. The highest BCUT2D eigenvalue weighted by atomic mass is 19.4. The molecule has 0 aromatic heterocycles. The van der Waals surface area contributed by atoms with Crippen LogP contribution < -0.4 is 5.32 Å². The minimum Gasteiger partial charge on any atom is -0.382 e. The van der Waals surface area contributed by atoms with Gasteiger partial charge in [-0.2, -0.15) is 13.2 Å². The molecule has 0 saturated heterocycles. The Labute approximate surface area is 100 Å². The van der Waals surface area contributed by atoms with E-state index in [-0.39, 0.29) is 11.7 Å². The monoisotopic (exact) mass is 245 g/mol. The third kappa shape index (κ3) is 4.29. The molecule has 0 fully saturated rings. The van der Waals surface area contributed by atoms with Gasteiger partial charge in [0.1, 0.15) is 0 Å². The molecule has 1 aromatic carbocycles. The molecule has 96 valence electrons. The molecule has 1 N–H and O–H groups in total. The lowest BCUT2D eigenvalue weighted by Gasteiger charge is -2.19. The van der Waals surface area contributed by atoms with Gasteiger partial charge in [-0.1, -0.05) is 31.9 Å². The number of unbranched alkanes of at least 4 members (excludes halogenated alkanes) is 1. The lowest BCUT2D eigenvalue weighted by atomic mass is 10.1. The zero-order valence-electron chi connectivity index (χ0n) is 10.1. The second kappa shape index (κ2) is 5.94. The van der Waals surface area contributed by atoms with Crippen LogP contribution in [0, 0.1) is 0 Å². The van der Waals surface area contributed by atoms with Gasteiger partial charge >= 0.3 is 6.18 Å². The Morgan fingerprint density at radius 1 is 1.24 bits per heavy atom. The van der Waals surface area contributed by atoms with Gasteiger partial charge in [-0.05, 0) is 25.5 Å². The van der Waals surface area contributed by atoms with Crippen molar-refractivity contribution in [3.63, 3.8) is 0 Å². The molecular weight excluding hydrogens is 227 g/mol. The highest BCUT2D eigenvalue weighted by Gasteiger charge is 2.33. The maximum Gasteiger partial charge on any atom is 0.418 e. The number of benzene rings is 1. The van der Waals surface area contributed by atoms with Crippen LogP contribution in [0.2, 0.25) is 0 Å². The molecule has 1 aromatic rings. The molecular formula is C13H18F3N. The van der Waals surface area contributed by atoms with Crippen LogP contribution in [0.4, 0.5) is 18.9 Å². The number of nitrogens with one attached hydrogen (secondary N) is 1. The lowest BCUT2D eigenvalue weighted by Crippen LogP contribution is -2.18. The standard InChI is InChI=1S/C13H18F3N/c1-3-4-7-10(2)17-12-9-6-5-8-11(12)13(14,15)16/h5-6,8-10,17H,3-4,7H2,1-2H3. The molecule has 0 aliphatic rings. The predicted molar refractivity (Wildman–Crippen MR) is 64.1 cm³/mol. The van der Waals surface area contributed by atoms with Gasteiger partial charge in [0.2, 0.25) is 0 Å². The fourth-order valence-corrected chi connectivity index (χ4v) is 1.70. The minimum absolute atomic E-state index is 0.0541. The van der Waals surface area contributed by atoms with Crippen molar-refractivity contribution in [1.29, 1.82) is 0 Å². The summed E-state index contributed by atoms with van der Waals surface area (Å²) in [6.07, 6.45) is -1.36. The molecule has 4 heteroatoms. The molecule has 0 bridgehead atoms. The van der Waals surface area contributed by atoms with Crippen molar-refractivity contribution < 1.29 is 13.2 Å². The summed E-state index contributed by atoms with van der Waals surface area (Å²) in [4.78, 5) is 0. The average molecular weight is 245 g/mol. The second-order valence-electron chi connectivity index (χ2n) is 4.23. The topological polar surface area (TPSA) is 12.0 Å². The Bertz CT molecular complexity index is 347. The van der Waals surface area contributed by atoms with Gasteiger partial charge in [-0.3, -0.25) is 0 Å². The summed E-state index contributed by atoms with van der Waals surface area (Å²) >= 11 is 0. The van der Waals surface area contributed by atoms with Crippen molar-refractivity contribution in [2.24, 2.45) is 0 Å². The van der Waals surface area contributed by atoms with Gasteiger partial charge in [0.25, 0.3) is 0 Å². The fourth-order valence-electron chi connectivity index (χ4n) is 1.70. The lowest BCUT2D eigenvalue weighted by molar-refractivity contribution is -0.137. The summed E-state index contributed by atoms with van der Waals surface area (Å²) in [6.45, 7) is 3.97. The molecule has 17 heavy (non-hydrogen) atoms. The van der Waals surface area contributed by atoms with Gasteiger partial charge in [0, 0.05) is 11.7 Å². The number of para-hydroxylation sites is 1. The molecule has 1 nitrogen and oxygen atoms in total. The van der Waals surface area contributed by atoms with Gasteiger partial charge in [0.15, 0.2) is 0 Å². The summed E-state index contributed by atoms with van der Waals surface area (Å²) in [6, 6.07) is 5.66. The van der Waals surface area contributed by atoms with Crippen molar-refractivity contribution in [2.45, 2.75) is 45.3 Å². The van der Waals surface area contributed by atoms with Gasteiger partial charge in [-0.25, -0.2) is 0 Å². The summed E-state index contributed by atoms with van der Waals surface area (Å²) in [5, 5.41) is 2.93. The van der Waals surface area contributed by atoms with Crippen LogP contribution >= 0.6 is 0 Å². The van der Waals surface area contributed by atoms with Gasteiger partial charge in [-0.15, -0.1) is 0 Å². The summed E-state index contributed by atoms with van der Waals surface area (Å²) in [7, 11) is 0. The normalized spacial score (nSPS) is 13.5. The molecule has 0 aliphatic carbocycles. The molecule has 0 heterocycles. The van der Waals surface area contributed by atoms with E-state index >= 15 is 0 Å². The van der Waals surface area contributed by atoms with E-state index < -0.39 is 11.7 Å². The fraction of sp³-hybridized carbons (Fsp3) is 0.538. The number of hydrogen-bond acceptors (Lipinski definition) is 1. The van der Waals surface area contributed by atoms with E-state index in [1.54, 1.807) is 6.07 Å². The molecule has 1 rings (SSSR count). The van der Waals surface area contributed by atoms with Crippen LogP contribution in [0.15, 0.2) is 24.3 Å². The molecule has 1 unspecified atom stereocenters. The Kier molecular flexibility index (Phi) is 4.85. The van der Waals surface area contributed by atoms with Crippen molar-refractivity contribution in [1.82, 2.24) is 0 Å². The average Bonchev–Trinajstić information content (AvgIpc) is 2.25. The van der Waals surface area contributed by atoms with Crippen molar-refractivity contribution in [3.8, 4) is 0 Å². The SMILES string of the molecule is CCCCC(C)Nc1ccccc1C(F)(F)F. The van der Waals surface area contributed by atoms with Crippen molar-refractivity contribution in [3.05, 3.63) is 29.8 Å². The van der Waals surface area contributed by atoms with Gasteiger partial charge in [0.05, 0.1) is 5.56 Å². The third-order valence-corrected chi connectivity index (χ3v) is 2.63. The summed E-state index contributed by atoms with van der Waals surface area (Å²) in [5.74, 6) is 0. The Balaban J connectivity index is 2.77. The number of anilines is 1. The number of rotatable bonds is 5. The van der Waals surface area contributed by atoms with Crippen LogP contribution in [0.1, 0.15) is 38.7 Å². The first-order valence-electron chi connectivity index (χ1n) is 5.88. The zero-order valence-corrected chi connectivity index (χ0v) is 10.1.